The summed E-state index contributed by atoms with van der Waals surface area (Å²) >= 11 is 2.11. The minimum Gasteiger partial charge on any atom is -0.492 e. The third-order valence-corrected chi connectivity index (χ3v) is 8.70. The molecule has 0 bridgehead atoms. The minimum absolute atomic E-state index is 0.129. The van der Waals surface area contributed by atoms with Crippen LogP contribution in [0, 0.1) is 3.57 Å². The number of carbonyl (C=O) groups is 1. The fourth-order valence-corrected chi connectivity index (χ4v) is 5.82. The lowest BCUT2D eigenvalue weighted by molar-refractivity contribution is -0.119. The maximum absolute atomic E-state index is 12.6. The summed E-state index contributed by atoms with van der Waals surface area (Å²) in [6.07, 6.45) is 1.05. The largest absolute Gasteiger partial charge is 0.492 e. The van der Waals surface area contributed by atoms with E-state index < -0.39 is 26.0 Å². The molecule has 0 aliphatic carbocycles. The van der Waals surface area contributed by atoms with E-state index in [0.29, 0.717) is 37.7 Å². The molecule has 1 heterocycles. The van der Waals surface area contributed by atoms with Gasteiger partial charge in [-0.25, -0.2) is 16.8 Å². The number of hydrogen-bond acceptors (Lipinski definition) is 7. The first-order valence-corrected chi connectivity index (χ1v) is 14.7. The number of anilines is 1. The molecule has 2 aromatic rings. The van der Waals surface area contributed by atoms with Crippen LogP contribution in [0.4, 0.5) is 5.69 Å². The molecule has 2 aromatic carbocycles. The van der Waals surface area contributed by atoms with Crippen molar-refractivity contribution in [3.8, 4) is 5.75 Å². The molecule has 0 unspecified atom stereocenters. The van der Waals surface area contributed by atoms with E-state index in [9.17, 15) is 21.6 Å². The van der Waals surface area contributed by atoms with Crippen molar-refractivity contribution in [1.29, 1.82) is 0 Å². The van der Waals surface area contributed by atoms with Gasteiger partial charge in [0.2, 0.25) is 26.0 Å². The molecule has 1 aliphatic heterocycles. The van der Waals surface area contributed by atoms with Crippen LogP contribution in [0.1, 0.15) is 0 Å². The lowest BCUT2D eigenvalue weighted by Gasteiger charge is -2.26. The van der Waals surface area contributed by atoms with E-state index in [1.165, 1.54) is 16.4 Å². The summed E-state index contributed by atoms with van der Waals surface area (Å²) in [7, 11) is -7.22. The molecular weight excluding hydrogens is 597 g/mol. The Morgan fingerprint density at radius 1 is 1.06 bits per heavy atom. The van der Waals surface area contributed by atoms with Gasteiger partial charge in [0.1, 0.15) is 18.9 Å². The maximum atomic E-state index is 12.6. The highest BCUT2D eigenvalue weighted by Gasteiger charge is 2.26. The lowest BCUT2D eigenvalue weighted by atomic mass is 10.3. The predicted octanol–water partition coefficient (Wildman–Crippen LogP) is 1.27. The van der Waals surface area contributed by atoms with Gasteiger partial charge in [-0.3, -0.25) is 9.10 Å². The van der Waals surface area contributed by atoms with Gasteiger partial charge in [0.25, 0.3) is 0 Å². The number of rotatable bonds is 10. The van der Waals surface area contributed by atoms with Gasteiger partial charge >= 0.3 is 0 Å². The van der Waals surface area contributed by atoms with Gasteiger partial charge in [-0.2, -0.15) is 4.31 Å². The van der Waals surface area contributed by atoms with E-state index in [0.717, 1.165) is 14.1 Å². The molecule has 13 heteroatoms. The molecule has 0 aromatic heterocycles. The van der Waals surface area contributed by atoms with Crippen molar-refractivity contribution in [3.63, 3.8) is 0 Å². The Labute approximate surface area is 213 Å². The Kier molecular flexibility index (Phi) is 9.14. The Balaban J connectivity index is 1.49. The highest BCUT2D eigenvalue weighted by molar-refractivity contribution is 14.1. The lowest BCUT2D eigenvalue weighted by Crippen LogP contribution is -2.41. The quantitative estimate of drug-likeness (QED) is 0.313. The van der Waals surface area contributed by atoms with Crippen molar-refractivity contribution in [3.05, 3.63) is 52.1 Å². The number of halogens is 1. The number of amides is 1. The van der Waals surface area contributed by atoms with Gasteiger partial charge < -0.3 is 14.8 Å². The average Bonchev–Trinajstić information content (AvgIpc) is 2.81. The zero-order valence-electron chi connectivity index (χ0n) is 18.5. The zero-order valence-corrected chi connectivity index (χ0v) is 22.3. The fraction of sp³-hybridized carbons (Fsp3) is 0.381. The summed E-state index contributed by atoms with van der Waals surface area (Å²) in [5, 5.41) is 2.63. The molecule has 1 amide bonds. The highest BCUT2D eigenvalue weighted by Crippen LogP contribution is 2.21. The fourth-order valence-electron chi connectivity index (χ4n) is 3.20. The van der Waals surface area contributed by atoms with Crippen molar-refractivity contribution in [2.75, 3.05) is 56.6 Å². The molecule has 0 saturated carbocycles. The normalized spacial score (nSPS) is 15.0. The minimum atomic E-state index is -3.64. The van der Waals surface area contributed by atoms with Crippen LogP contribution in [-0.4, -0.2) is 79.3 Å². The number of nitrogens with zero attached hydrogens (tertiary/aromatic N) is 2. The number of carbonyl (C=O) groups excluding carboxylic acids is 1. The van der Waals surface area contributed by atoms with Crippen molar-refractivity contribution < 1.29 is 31.1 Å². The Morgan fingerprint density at radius 2 is 1.68 bits per heavy atom. The molecule has 3 rings (SSSR count). The molecule has 34 heavy (non-hydrogen) atoms. The SMILES string of the molecule is CS(=O)(=O)N(CC(=O)NCCOc1ccc(S(=O)(=O)N2CCOCC2)cc1)c1ccc(I)cc1. The maximum Gasteiger partial charge on any atom is 0.243 e. The molecule has 186 valence electrons. The van der Waals surface area contributed by atoms with Gasteiger partial charge in [-0.1, -0.05) is 0 Å². The summed E-state index contributed by atoms with van der Waals surface area (Å²) in [6, 6.07) is 12.9. The third kappa shape index (κ3) is 7.28. The smallest absolute Gasteiger partial charge is 0.243 e. The van der Waals surface area contributed by atoms with Crippen LogP contribution in [-0.2, 0) is 29.6 Å². The topological polar surface area (TPSA) is 122 Å². The van der Waals surface area contributed by atoms with Crippen LogP contribution in [0.15, 0.2) is 53.4 Å². The first kappa shape index (κ1) is 26.7. The Bertz CT molecular complexity index is 1180. The van der Waals surface area contributed by atoms with Gasteiger partial charge in [-0.15, -0.1) is 0 Å². The number of hydrogen-bond donors (Lipinski definition) is 1. The number of ether oxygens (including phenoxy) is 2. The van der Waals surface area contributed by atoms with Gasteiger partial charge in [0.15, 0.2) is 0 Å². The number of morpholine rings is 1. The molecule has 1 saturated heterocycles. The second kappa shape index (κ2) is 11.7. The summed E-state index contributed by atoms with van der Waals surface area (Å²) in [4.78, 5) is 12.5. The van der Waals surface area contributed by atoms with Crippen LogP contribution in [0.25, 0.3) is 0 Å². The van der Waals surface area contributed by atoms with Crippen molar-refractivity contribution in [2.45, 2.75) is 4.90 Å². The average molecular weight is 623 g/mol. The number of nitrogens with one attached hydrogen (secondary N) is 1. The summed E-state index contributed by atoms with van der Waals surface area (Å²) in [5.74, 6) is -0.0219. The molecule has 0 radical (unpaired) electrons. The molecular formula is C21H26IN3O7S2. The summed E-state index contributed by atoms with van der Waals surface area (Å²) in [5.41, 5.74) is 0.404. The number of benzene rings is 2. The second-order valence-corrected chi connectivity index (χ2v) is 12.5. The molecule has 0 atom stereocenters. The van der Waals surface area contributed by atoms with E-state index in [2.05, 4.69) is 27.9 Å². The van der Waals surface area contributed by atoms with Gasteiger partial charge in [0, 0.05) is 16.7 Å². The van der Waals surface area contributed by atoms with E-state index in [1.807, 2.05) is 0 Å². The first-order chi connectivity index (χ1) is 16.1. The van der Waals surface area contributed by atoms with Gasteiger partial charge in [-0.05, 0) is 71.1 Å². The molecule has 1 aliphatic rings. The van der Waals surface area contributed by atoms with Crippen LogP contribution < -0.4 is 14.4 Å². The Morgan fingerprint density at radius 3 is 2.26 bits per heavy atom. The summed E-state index contributed by atoms with van der Waals surface area (Å²) in [6.45, 7) is 1.31. The van der Waals surface area contributed by atoms with Crippen molar-refractivity contribution >= 4 is 54.2 Å². The van der Waals surface area contributed by atoms with E-state index in [4.69, 9.17) is 9.47 Å². The number of sulfonamides is 2. The zero-order chi connectivity index (χ0) is 24.8. The van der Waals surface area contributed by atoms with Crippen molar-refractivity contribution in [2.24, 2.45) is 0 Å². The first-order valence-electron chi connectivity index (χ1n) is 10.4. The predicted molar refractivity (Wildman–Crippen MR) is 136 cm³/mol. The monoisotopic (exact) mass is 623 g/mol. The van der Waals surface area contributed by atoms with Crippen LogP contribution in [0.3, 0.4) is 0 Å². The second-order valence-electron chi connectivity index (χ2n) is 7.43. The van der Waals surface area contributed by atoms with E-state index >= 15 is 0 Å². The standard InChI is InChI=1S/C21H26IN3O7S2/c1-33(27,28)25(18-4-2-17(22)3-5-18)16-21(26)23-10-13-32-19-6-8-20(9-7-19)34(29,30)24-11-14-31-15-12-24/h2-9H,10-16H2,1H3,(H,23,26). The highest BCUT2D eigenvalue weighted by atomic mass is 127. The van der Waals surface area contributed by atoms with Crippen molar-refractivity contribution in [1.82, 2.24) is 9.62 Å². The summed E-state index contributed by atoms with van der Waals surface area (Å²) < 4.78 is 63.7. The molecule has 0 spiro atoms. The third-order valence-electron chi connectivity index (χ3n) is 4.93. The van der Waals surface area contributed by atoms with Crippen LogP contribution >= 0.6 is 22.6 Å². The van der Waals surface area contributed by atoms with E-state index in [-0.39, 0.29) is 24.6 Å². The van der Waals surface area contributed by atoms with Crippen LogP contribution in [0.5, 0.6) is 5.75 Å². The molecule has 1 fully saturated rings. The Hall–Kier alpha value is -1.94. The van der Waals surface area contributed by atoms with Crippen LogP contribution in [0.2, 0.25) is 0 Å². The van der Waals surface area contributed by atoms with E-state index in [1.54, 1.807) is 36.4 Å². The molecule has 1 N–H and O–H groups in total. The molecule has 10 nitrogen and oxygen atoms in total. The van der Waals surface area contributed by atoms with Gasteiger partial charge in [0.05, 0.1) is 36.6 Å².